The summed E-state index contributed by atoms with van der Waals surface area (Å²) in [6.45, 7) is 0.0430. The highest BCUT2D eigenvalue weighted by atomic mass is 15.2. The topological polar surface area (TPSA) is 37.2 Å². The normalized spacial score (nSPS) is 12.4. The van der Waals surface area contributed by atoms with Crippen LogP contribution in [0.2, 0.25) is 0 Å². The van der Waals surface area contributed by atoms with Gasteiger partial charge in [0.2, 0.25) is 0 Å². The average molecular weight is 968 g/mol. The fraction of sp³-hybridized carbons (Fsp3) is 0. The van der Waals surface area contributed by atoms with Gasteiger partial charge in [0.1, 0.15) is 0 Å². The van der Waals surface area contributed by atoms with E-state index in [0.29, 0.717) is 5.82 Å². The van der Waals surface area contributed by atoms with E-state index in [-0.39, 0.29) is 6.71 Å². The molecule has 0 amide bonds. The number of para-hydroxylation sites is 6. The molecule has 354 valence electrons. The molecule has 0 atom stereocenters. The van der Waals surface area contributed by atoms with Crippen molar-refractivity contribution in [2.75, 3.05) is 9.80 Å². The van der Waals surface area contributed by atoms with Gasteiger partial charge in [-0.15, -0.1) is 0 Å². The molecule has 0 spiro atoms. The van der Waals surface area contributed by atoms with E-state index in [1.807, 2.05) is 12.1 Å². The van der Waals surface area contributed by atoms with Crippen molar-refractivity contribution in [1.82, 2.24) is 14.5 Å². The first-order chi connectivity index (χ1) is 37.7. The minimum absolute atomic E-state index is 0.0430. The molecule has 6 heteroatoms. The van der Waals surface area contributed by atoms with Crippen molar-refractivity contribution < 1.29 is 0 Å². The molecule has 0 saturated heterocycles. The second-order valence-corrected chi connectivity index (χ2v) is 19.7. The van der Waals surface area contributed by atoms with Crippen molar-refractivity contribution in [1.29, 1.82) is 0 Å². The van der Waals surface area contributed by atoms with Gasteiger partial charge in [-0.25, -0.2) is 9.97 Å². The summed E-state index contributed by atoms with van der Waals surface area (Å²) in [5, 5.41) is 2.43. The zero-order valence-corrected chi connectivity index (χ0v) is 41.4. The van der Waals surface area contributed by atoms with Gasteiger partial charge in [-0.05, 0) is 118 Å². The van der Waals surface area contributed by atoms with Crippen LogP contribution >= 0.6 is 0 Å². The van der Waals surface area contributed by atoms with Crippen LogP contribution < -0.4 is 26.2 Å². The van der Waals surface area contributed by atoms with Crippen LogP contribution in [0.5, 0.6) is 0 Å². The first-order valence-corrected chi connectivity index (χ1v) is 26.0. The Balaban J connectivity index is 0.939. The van der Waals surface area contributed by atoms with Crippen molar-refractivity contribution in [2.45, 2.75) is 0 Å². The third kappa shape index (κ3) is 7.10. The molecule has 0 bridgehead atoms. The SMILES string of the molecule is c1ccc(-c2cc(-c3ccccc3)nc(-c3ccc(-n4c5ccccc5c5ccccc54)c(-c4ccc(-c5cc6c7c(c5)N(c5ccccc5)c5ccccc5B7c5ccccc5N6c5ccccc5)cc4)c3)n2)cc1. The number of hydrogen-bond acceptors (Lipinski definition) is 4. The van der Waals surface area contributed by atoms with E-state index in [9.17, 15) is 0 Å². The number of benzene rings is 11. The molecular formula is C70H46BN5. The molecule has 5 nitrogen and oxygen atoms in total. The van der Waals surface area contributed by atoms with Gasteiger partial charge in [0.15, 0.2) is 5.82 Å². The maximum atomic E-state index is 5.30. The number of rotatable bonds is 8. The van der Waals surface area contributed by atoms with Crippen LogP contribution in [0.1, 0.15) is 0 Å². The lowest BCUT2D eigenvalue weighted by atomic mass is 9.33. The average Bonchev–Trinajstić information content (AvgIpc) is 3.97. The summed E-state index contributed by atoms with van der Waals surface area (Å²) in [7, 11) is 0. The van der Waals surface area contributed by atoms with Crippen LogP contribution in [-0.2, 0) is 0 Å². The second-order valence-electron chi connectivity index (χ2n) is 19.7. The monoisotopic (exact) mass is 967 g/mol. The van der Waals surface area contributed by atoms with Crippen LogP contribution in [0.3, 0.4) is 0 Å². The Kier molecular flexibility index (Phi) is 10.2. The van der Waals surface area contributed by atoms with Crippen LogP contribution in [0.4, 0.5) is 34.1 Å². The third-order valence-corrected chi connectivity index (χ3v) is 15.4. The van der Waals surface area contributed by atoms with Crippen LogP contribution in [0.15, 0.2) is 279 Å². The van der Waals surface area contributed by atoms with E-state index >= 15 is 0 Å². The molecule has 0 radical (unpaired) electrons. The predicted molar refractivity (Wildman–Crippen MR) is 318 cm³/mol. The standard InChI is InChI=1S/C70H46BN5/c1-5-21-49(22-6-1)60-46-61(50-23-7-2-8-24-50)73-70(72-60)51-41-42-64(76-62-33-17-13-29-55(62)56-30-14-18-34-63(56)76)57(43-51)48-39-37-47(38-40-48)52-44-67-69-68(45-52)75(54-27-11-4-12-28-54)66-36-20-16-32-59(66)71(69)58-31-15-19-35-65(58)74(67)53-25-9-3-10-26-53/h1-46H. The van der Waals surface area contributed by atoms with E-state index in [0.717, 1.165) is 78.4 Å². The van der Waals surface area contributed by atoms with Crippen molar-refractivity contribution in [3.8, 4) is 61.8 Å². The Bertz CT molecular complexity index is 4120. The van der Waals surface area contributed by atoms with Gasteiger partial charge in [-0.3, -0.25) is 0 Å². The number of nitrogens with zero attached hydrogens (tertiary/aromatic N) is 5. The van der Waals surface area contributed by atoms with Crippen LogP contribution in [0, 0.1) is 0 Å². The van der Waals surface area contributed by atoms with E-state index in [2.05, 4.69) is 281 Å². The fourth-order valence-electron chi connectivity index (χ4n) is 12.0. The summed E-state index contributed by atoms with van der Waals surface area (Å²) in [4.78, 5) is 15.5. The molecule has 2 aromatic heterocycles. The largest absolute Gasteiger partial charge is 0.311 e. The van der Waals surface area contributed by atoms with Gasteiger partial charge in [-0.2, -0.15) is 0 Å². The Morgan fingerprint density at radius 2 is 0.724 bits per heavy atom. The molecule has 0 N–H and O–H groups in total. The lowest BCUT2D eigenvalue weighted by molar-refractivity contribution is 1.16. The fourth-order valence-corrected chi connectivity index (χ4v) is 12.0. The quantitative estimate of drug-likeness (QED) is 0.142. The van der Waals surface area contributed by atoms with E-state index in [1.165, 1.54) is 49.9 Å². The molecule has 2 aliphatic rings. The molecular weight excluding hydrogens is 922 g/mol. The molecule has 0 unspecified atom stereocenters. The van der Waals surface area contributed by atoms with E-state index in [1.54, 1.807) is 0 Å². The molecule has 11 aromatic carbocycles. The lowest BCUT2D eigenvalue weighted by Crippen LogP contribution is -2.61. The minimum Gasteiger partial charge on any atom is -0.311 e. The van der Waals surface area contributed by atoms with Crippen molar-refractivity contribution >= 4 is 79.0 Å². The number of anilines is 6. The summed E-state index contributed by atoms with van der Waals surface area (Å²) >= 11 is 0. The molecule has 0 saturated carbocycles. The first kappa shape index (κ1) is 43.5. The zero-order chi connectivity index (χ0) is 50.1. The van der Waals surface area contributed by atoms with Gasteiger partial charge in [0.05, 0.1) is 28.1 Å². The van der Waals surface area contributed by atoms with E-state index in [4.69, 9.17) is 9.97 Å². The maximum absolute atomic E-state index is 5.30. The Morgan fingerprint density at radius 1 is 0.289 bits per heavy atom. The second kappa shape index (κ2) is 17.9. The van der Waals surface area contributed by atoms with Crippen molar-refractivity contribution in [3.63, 3.8) is 0 Å². The molecule has 4 heterocycles. The minimum atomic E-state index is 0.0430. The number of hydrogen-bond donors (Lipinski definition) is 0. The highest BCUT2D eigenvalue weighted by Crippen LogP contribution is 2.47. The molecule has 0 fully saturated rings. The first-order valence-electron chi connectivity index (χ1n) is 26.0. The predicted octanol–water partition coefficient (Wildman–Crippen LogP) is 16.0. The van der Waals surface area contributed by atoms with Crippen LogP contribution in [-0.4, -0.2) is 21.2 Å². The Morgan fingerprint density at radius 3 is 1.25 bits per heavy atom. The summed E-state index contributed by atoms with van der Waals surface area (Å²) < 4.78 is 2.42. The van der Waals surface area contributed by atoms with Crippen molar-refractivity contribution in [2.24, 2.45) is 0 Å². The van der Waals surface area contributed by atoms with Gasteiger partial charge in [0, 0.05) is 67.2 Å². The summed E-state index contributed by atoms with van der Waals surface area (Å²) in [5.41, 5.74) is 23.5. The molecule has 15 rings (SSSR count). The van der Waals surface area contributed by atoms with Gasteiger partial charge in [-0.1, -0.05) is 194 Å². The number of fused-ring (bicyclic) bond motifs is 7. The summed E-state index contributed by atoms with van der Waals surface area (Å²) in [5.74, 6) is 0.669. The molecule has 0 aliphatic carbocycles. The number of aromatic nitrogens is 3. The highest BCUT2D eigenvalue weighted by Gasteiger charge is 2.43. The van der Waals surface area contributed by atoms with Gasteiger partial charge in [0.25, 0.3) is 6.71 Å². The third-order valence-electron chi connectivity index (χ3n) is 15.4. The smallest absolute Gasteiger partial charge is 0.252 e. The Hall–Kier alpha value is -10.0. The summed E-state index contributed by atoms with van der Waals surface area (Å²) in [6, 6.07) is 101. The molecule has 13 aromatic rings. The molecule has 76 heavy (non-hydrogen) atoms. The maximum Gasteiger partial charge on any atom is 0.252 e. The molecule has 2 aliphatic heterocycles. The Labute approximate surface area is 442 Å². The van der Waals surface area contributed by atoms with Crippen LogP contribution in [0.25, 0.3) is 83.6 Å². The van der Waals surface area contributed by atoms with Gasteiger partial charge < -0.3 is 14.4 Å². The lowest BCUT2D eigenvalue weighted by Gasteiger charge is -2.44. The highest BCUT2D eigenvalue weighted by molar-refractivity contribution is 7.00. The zero-order valence-electron chi connectivity index (χ0n) is 41.4. The van der Waals surface area contributed by atoms with Crippen molar-refractivity contribution in [3.05, 3.63) is 279 Å². The summed E-state index contributed by atoms with van der Waals surface area (Å²) in [6.07, 6.45) is 0. The van der Waals surface area contributed by atoms with E-state index < -0.39 is 0 Å². The van der Waals surface area contributed by atoms with Gasteiger partial charge >= 0.3 is 0 Å².